The van der Waals surface area contributed by atoms with Crippen LogP contribution in [-0.4, -0.2) is 38.4 Å². The van der Waals surface area contributed by atoms with Crippen molar-refractivity contribution in [2.24, 2.45) is 0 Å². The second-order valence-electron chi connectivity index (χ2n) is 8.95. The van der Waals surface area contributed by atoms with E-state index in [1.54, 1.807) is 48.5 Å². The van der Waals surface area contributed by atoms with Gasteiger partial charge in [-0.3, -0.25) is 14.5 Å². The summed E-state index contributed by atoms with van der Waals surface area (Å²) in [7, 11) is 1.28. The fraction of sp³-hybridized carbons (Fsp3) is 0.259. The van der Waals surface area contributed by atoms with Crippen molar-refractivity contribution < 1.29 is 37.0 Å². The van der Waals surface area contributed by atoms with Crippen LogP contribution in [0.5, 0.6) is 11.5 Å². The van der Waals surface area contributed by atoms with E-state index in [0.717, 1.165) is 0 Å². The Labute approximate surface area is 216 Å². The molecule has 3 N–H and O–H groups in total. The van der Waals surface area contributed by atoms with Crippen LogP contribution in [0, 0.1) is 0 Å². The Hall–Kier alpha value is -4.41. The highest BCUT2D eigenvalue weighted by Crippen LogP contribution is 2.46. The minimum absolute atomic E-state index is 0.00286. The average Bonchev–Trinajstić information content (AvgIpc) is 3.50. The Morgan fingerprint density at radius 1 is 1.03 bits per heavy atom. The summed E-state index contributed by atoms with van der Waals surface area (Å²) in [6.07, 6.45) is -5.07. The number of carbonyl (C=O) groups is 2. The minimum Gasteiger partial charge on any atom is -0.493 e. The Balaban J connectivity index is 1.51. The summed E-state index contributed by atoms with van der Waals surface area (Å²) in [5.74, 6) is -2.12. The molecule has 5 rings (SSSR count). The number of amides is 1. The molecule has 2 aliphatic heterocycles. The third-order valence-electron chi connectivity index (χ3n) is 6.59. The number of benzene rings is 3. The van der Waals surface area contributed by atoms with E-state index in [1.165, 1.54) is 19.2 Å². The van der Waals surface area contributed by atoms with Gasteiger partial charge >= 0.3 is 18.1 Å². The Bertz CT molecular complexity index is 1390. The highest BCUT2D eigenvalue weighted by atomic mass is 19.4. The third-order valence-corrected chi connectivity index (χ3v) is 6.59. The minimum atomic E-state index is -5.13. The van der Waals surface area contributed by atoms with E-state index in [1.807, 2.05) is 0 Å². The lowest BCUT2D eigenvalue weighted by Crippen LogP contribution is -2.44. The van der Waals surface area contributed by atoms with Crippen LogP contribution in [0.25, 0.3) is 0 Å². The number of hydrogen-bond donors (Lipinski definition) is 2. The molecule has 2 aliphatic rings. The normalized spacial score (nSPS) is 17.6. The van der Waals surface area contributed by atoms with Crippen molar-refractivity contribution in [1.82, 2.24) is 0 Å². The van der Waals surface area contributed by atoms with Gasteiger partial charge in [0, 0.05) is 28.8 Å². The van der Waals surface area contributed by atoms with E-state index >= 15 is 0 Å². The molecule has 198 valence electrons. The Morgan fingerprint density at radius 3 is 2.53 bits per heavy atom. The molecule has 2 atom stereocenters. The second kappa shape index (κ2) is 9.81. The van der Waals surface area contributed by atoms with E-state index < -0.39 is 24.1 Å². The summed E-state index contributed by atoms with van der Waals surface area (Å²) in [6.45, 7) is -0.0167. The van der Waals surface area contributed by atoms with Gasteiger partial charge in [0.15, 0.2) is 0 Å². The molecule has 0 unspecified atom stereocenters. The number of nitrogens with two attached hydrogens (primary N) is 1. The summed E-state index contributed by atoms with van der Waals surface area (Å²) >= 11 is 0. The van der Waals surface area contributed by atoms with E-state index in [0.29, 0.717) is 44.6 Å². The molecule has 3 aromatic rings. The average molecular weight is 527 g/mol. The van der Waals surface area contributed by atoms with Crippen LogP contribution in [0.1, 0.15) is 29.5 Å². The van der Waals surface area contributed by atoms with Crippen molar-refractivity contribution in [3.8, 4) is 11.5 Å². The van der Waals surface area contributed by atoms with Crippen molar-refractivity contribution in [1.29, 1.82) is 0 Å². The fourth-order valence-corrected chi connectivity index (χ4v) is 4.74. The predicted molar refractivity (Wildman–Crippen MR) is 134 cm³/mol. The number of methoxy groups -OCH3 is 1. The SMILES string of the molecule is COC(=O)C[C@@H]1COc2cc(N(C(=O)C(F)(F)F)[C@@H]3COc4c(Nc5ccccc5N)cccc43)ccc21. The zero-order chi connectivity index (χ0) is 27.0. The number of para-hydroxylation sites is 3. The number of nitrogens with zero attached hydrogens (tertiary/aromatic N) is 1. The second-order valence-corrected chi connectivity index (χ2v) is 8.95. The fourth-order valence-electron chi connectivity index (χ4n) is 4.74. The number of halogens is 3. The molecule has 0 aliphatic carbocycles. The molecule has 0 fully saturated rings. The van der Waals surface area contributed by atoms with Crippen LogP contribution < -0.4 is 25.4 Å². The molecule has 0 spiro atoms. The lowest BCUT2D eigenvalue weighted by molar-refractivity contribution is -0.171. The van der Waals surface area contributed by atoms with Gasteiger partial charge < -0.3 is 25.3 Å². The highest BCUT2D eigenvalue weighted by molar-refractivity contribution is 5.98. The van der Waals surface area contributed by atoms with Gasteiger partial charge in [0.1, 0.15) is 18.1 Å². The maximum absolute atomic E-state index is 13.8. The lowest BCUT2D eigenvalue weighted by Gasteiger charge is -2.29. The number of anilines is 4. The molecule has 38 heavy (non-hydrogen) atoms. The van der Waals surface area contributed by atoms with Crippen molar-refractivity contribution in [3.63, 3.8) is 0 Å². The number of hydrogen-bond acceptors (Lipinski definition) is 7. The van der Waals surface area contributed by atoms with Gasteiger partial charge in [0.25, 0.3) is 0 Å². The van der Waals surface area contributed by atoms with Gasteiger partial charge in [-0.2, -0.15) is 13.2 Å². The van der Waals surface area contributed by atoms with Crippen molar-refractivity contribution in [3.05, 3.63) is 71.8 Å². The molecule has 1 amide bonds. The zero-order valence-electron chi connectivity index (χ0n) is 20.2. The molecule has 0 aromatic heterocycles. The molecular weight excluding hydrogens is 503 g/mol. The van der Waals surface area contributed by atoms with E-state index in [-0.39, 0.29) is 31.2 Å². The van der Waals surface area contributed by atoms with E-state index in [2.05, 4.69) is 5.32 Å². The summed E-state index contributed by atoms with van der Waals surface area (Å²) in [6, 6.07) is 15.4. The molecule has 2 heterocycles. The number of rotatable bonds is 6. The molecule has 0 saturated carbocycles. The smallest absolute Gasteiger partial charge is 0.471 e. The van der Waals surface area contributed by atoms with Gasteiger partial charge in [-0.1, -0.05) is 30.3 Å². The van der Waals surface area contributed by atoms with Crippen LogP contribution in [-0.2, 0) is 14.3 Å². The third kappa shape index (κ3) is 4.67. The topological polar surface area (TPSA) is 103 Å². The number of carbonyl (C=O) groups excluding carboxylic acids is 2. The maximum Gasteiger partial charge on any atom is 0.471 e. The van der Waals surface area contributed by atoms with Crippen molar-refractivity contribution >= 4 is 34.6 Å². The highest BCUT2D eigenvalue weighted by Gasteiger charge is 2.48. The predicted octanol–water partition coefficient (Wildman–Crippen LogP) is 5.08. The Morgan fingerprint density at radius 2 is 1.79 bits per heavy atom. The van der Waals surface area contributed by atoms with Crippen LogP contribution in [0.2, 0.25) is 0 Å². The van der Waals surface area contributed by atoms with E-state index in [9.17, 15) is 22.8 Å². The van der Waals surface area contributed by atoms with Crippen LogP contribution in [0.15, 0.2) is 60.7 Å². The quantitative estimate of drug-likeness (QED) is 0.340. The number of nitrogens with one attached hydrogen (secondary N) is 1. The first-order valence-electron chi connectivity index (χ1n) is 11.8. The van der Waals surface area contributed by atoms with Crippen LogP contribution >= 0.6 is 0 Å². The van der Waals surface area contributed by atoms with Gasteiger partial charge in [-0.15, -0.1) is 0 Å². The van der Waals surface area contributed by atoms with Gasteiger partial charge in [0.2, 0.25) is 0 Å². The number of fused-ring (bicyclic) bond motifs is 2. The summed E-state index contributed by atoms with van der Waals surface area (Å²) < 4.78 is 57.6. The van der Waals surface area contributed by atoms with Gasteiger partial charge in [0.05, 0.1) is 43.2 Å². The number of nitrogen functional groups attached to an aromatic ring is 1. The van der Waals surface area contributed by atoms with E-state index in [4.69, 9.17) is 19.9 Å². The Kier molecular flexibility index (Phi) is 6.52. The standard InChI is InChI=1S/C27H24F3N3O5/c1-36-24(34)11-15-13-37-23-12-16(9-10-17(15)23)33(26(35)27(28,29)30)22-14-38-25-18(22)5-4-8-21(25)32-20-7-3-2-6-19(20)31/h2-10,12,15,22,32H,11,13-14,31H2,1H3/t15-,22-/m1/s1. The first-order valence-corrected chi connectivity index (χ1v) is 11.8. The zero-order valence-corrected chi connectivity index (χ0v) is 20.2. The van der Waals surface area contributed by atoms with Crippen molar-refractivity contribution in [2.45, 2.75) is 24.6 Å². The number of esters is 1. The molecule has 11 heteroatoms. The van der Waals surface area contributed by atoms with Crippen LogP contribution in [0.3, 0.4) is 0 Å². The number of alkyl halides is 3. The first kappa shape index (κ1) is 25.2. The molecule has 0 bridgehead atoms. The summed E-state index contributed by atoms with van der Waals surface area (Å²) in [5, 5.41) is 3.16. The van der Waals surface area contributed by atoms with Gasteiger partial charge in [-0.25, -0.2) is 0 Å². The molecule has 0 saturated heterocycles. The molecular formula is C27H24F3N3O5. The molecule has 0 radical (unpaired) electrons. The molecule has 8 nitrogen and oxygen atoms in total. The number of ether oxygens (including phenoxy) is 3. The first-order chi connectivity index (χ1) is 18.2. The van der Waals surface area contributed by atoms with Crippen molar-refractivity contribution in [2.75, 3.05) is 36.3 Å². The lowest BCUT2D eigenvalue weighted by atomic mass is 9.97. The monoisotopic (exact) mass is 527 g/mol. The summed E-state index contributed by atoms with van der Waals surface area (Å²) in [4.78, 5) is 25.2. The van der Waals surface area contributed by atoms with Gasteiger partial charge in [-0.05, 0) is 24.3 Å². The summed E-state index contributed by atoms with van der Waals surface area (Å²) in [5.41, 5.74) is 8.68. The van der Waals surface area contributed by atoms with Crippen LogP contribution in [0.4, 0.5) is 35.9 Å². The largest absolute Gasteiger partial charge is 0.493 e. The maximum atomic E-state index is 13.8. The molecule has 3 aromatic carbocycles.